The van der Waals surface area contributed by atoms with E-state index in [0.717, 1.165) is 16.9 Å². The van der Waals surface area contributed by atoms with Crippen LogP contribution in [-0.2, 0) is 6.54 Å². The van der Waals surface area contributed by atoms with Gasteiger partial charge in [-0.3, -0.25) is 0 Å². The number of hydrogen-bond acceptors (Lipinski definition) is 2. The number of nitrogens with zero attached hydrogens (tertiary/aromatic N) is 2. The standard InChI is InChI=1S/C18H19N3/c1-12-5-8-17-16(9-12)20-18(21(17)15-6-7-15)14-4-2-3-13(10-14)11-19/h2-5,8-10,15H,6-7,11,19H2,1H3. The highest BCUT2D eigenvalue weighted by molar-refractivity contribution is 5.81. The Hall–Kier alpha value is -2.13. The van der Waals surface area contributed by atoms with Crippen molar-refractivity contribution < 1.29 is 0 Å². The quantitative estimate of drug-likeness (QED) is 0.791. The summed E-state index contributed by atoms with van der Waals surface area (Å²) in [7, 11) is 0. The molecule has 2 aromatic carbocycles. The van der Waals surface area contributed by atoms with Crippen molar-refractivity contribution in [3.63, 3.8) is 0 Å². The normalized spacial score (nSPS) is 14.8. The number of aromatic nitrogens is 2. The highest BCUT2D eigenvalue weighted by atomic mass is 15.1. The van der Waals surface area contributed by atoms with Gasteiger partial charge in [-0.1, -0.05) is 24.3 Å². The second-order valence-corrected chi connectivity index (χ2v) is 5.93. The van der Waals surface area contributed by atoms with Crippen LogP contribution in [0.15, 0.2) is 42.5 Å². The lowest BCUT2D eigenvalue weighted by atomic mass is 10.1. The summed E-state index contributed by atoms with van der Waals surface area (Å²) < 4.78 is 2.41. The Balaban J connectivity index is 1.96. The maximum atomic E-state index is 5.77. The Labute approximate surface area is 124 Å². The third-order valence-corrected chi connectivity index (χ3v) is 4.18. The van der Waals surface area contributed by atoms with Gasteiger partial charge >= 0.3 is 0 Å². The smallest absolute Gasteiger partial charge is 0.141 e. The zero-order chi connectivity index (χ0) is 14.4. The van der Waals surface area contributed by atoms with E-state index in [1.807, 2.05) is 0 Å². The van der Waals surface area contributed by atoms with Crippen LogP contribution in [0, 0.1) is 6.92 Å². The van der Waals surface area contributed by atoms with E-state index < -0.39 is 0 Å². The van der Waals surface area contributed by atoms with E-state index in [4.69, 9.17) is 10.7 Å². The molecule has 4 rings (SSSR count). The van der Waals surface area contributed by atoms with Crippen molar-refractivity contribution >= 4 is 11.0 Å². The summed E-state index contributed by atoms with van der Waals surface area (Å²) in [5.41, 5.74) is 11.7. The highest BCUT2D eigenvalue weighted by Crippen LogP contribution is 2.41. The van der Waals surface area contributed by atoms with E-state index in [0.29, 0.717) is 12.6 Å². The van der Waals surface area contributed by atoms with Crippen LogP contribution in [0.5, 0.6) is 0 Å². The fourth-order valence-electron chi connectivity index (χ4n) is 2.95. The molecule has 21 heavy (non-hydrogen) atoms. The van der Waals surface area contributed by atoms with Crippen molar-refractivity contribution in [1.82, 2.24) is 9.55 Å². The molecule has 0 radical (unpaired) electrons. The second-order valence-electron chi connectivity index (χ2n) is 5.93. The number of fused-ring (bicyclic) bond motifs is 1. The minimum absolute atomic E-state index is 0.566. The molecule has 1 aliphatic rings. The third-order valence-electron chi connectivity index (χ3n) is 4.18. The fourth-order valence-corrected chi connectivity index (χ4v) is 2.95. The van der Waals surface area contributed by atoms with Crippen molar-refractivity contribution in [2.75, 3.05) is 0 Å². The van der Waals surface area contributed by atoms with Gasteiger partial charge in [-0.2, -0.15) is 0 Å². The minimum atomic E-state index is 0.566. The zero-order valence-electron chi connectivity index (χ0n) is 12.2. The molecular weight excluding hydrogens is 258 g/mol. The molecule has 0 atom stereocenters. The van der Waals surface area contributed by atoms with Crippen molar-refractivity contribution in [3.8, 4) is 11.4 Å². The summed E-state index contributed by atoms with van der Waals surface area (Å²) in [6.45, 7) is 2.68. The predicted octanol–water partition coefficient (Wildman–Crippen LogP) is 3.81. The average Bonchev–Trinajstić information content (AvgIpc) is 3.27. The third kappa shape index (κ3) is 2.14. The zero-order valence-corrected chi connectivity index (χ0v) is 12.2. The monoisotopic (exact) mass is 277 g/mol. The van der Waals surface area contributed by atoms with Gasteiger partial charge in [-0.25, -0.2) is 4.98 Å². The predicted molar refractivity (Wildman–Crippen MR) is 86.1 cm³/mol. The molecule has 106 valence electrons. The van der Waals surface area contributed by atoms with Gasteiger partial charge in [-0.15, -0.1) is 0 Å². The lowest BCUT2D eigenvalue weighted by Crippen LogP contribution is -1.99. The van der Waals surface area contributed by atoms with Crippen LogP contribution in [-0.4, -0.2) is 9.55 Å². The molecule has 1 aliphatic carbocycles. The van der Waals surface area contributed by atoms with Crippen LogP contribution in [0.4, 0.5) is 0 Å². The largest absolute Gasteiger partial charge is 0.326 e. The SMILES string of the molecule is Cc1ccc2c(c1)nc(-c1cccc(CN)c1)n2C1CC1. The number of nitrogens with two attached hydrogens (primary N) is 1. The first kappa shape index (κ1) is 12.6. The van der Waals surface area contributed by atoms with Gasteiger partial charge in [0.25, 0.3) is 0 Å². The maximum absolute atomic E-state index is 5.77. The Morgan fingerprint density at radius 2 is 2.05 bits per heavy atom. The number of rotatable bonds is 3. The fraction of sp³-hybridized carbons (Fsp3) is 0.278. The number of aryl methyl sites for hydroxylation is 1. The van der Waals surface area contributed by atoms with E-state index in [9.17, 15) is 0 Å². The number of benzene rings is 2. The van der Waals surface area contributed by atoms with Crippen molar-refractivity contribution in [2.24, 2.45) is 5.73 Å². The summed E-state index contributed by atoms with van der Waals surface area (Å²) >= 11 is 0. The van der Waals surface area contributed by atoms with Crippen LogP contribution in [0.25, 0.3) is 22.4 Å². The first-order valence-electron chi connectivity index (χ1n) is 7.54. The number of imidazole rings is 1. The van der Waals surface area contributed by atoms with Crippen LogP contribution in [0.1, 0.15) is 30.0 Å². The van der Waals surface area contributed by atoms with E-state index >= 15 is 0 Å². The van der Waals surface area contributed by atoms with Gasteiger partial charge in [0.1, 0.15) is 5.82 Å². The Morgan fingerprint density at radius 1 is 1.19 bits per heavy atom. The molecule has 3 aromatic rings. The molecular formula is C18H19N3. The molecule has 1 aromatic heterocycles. The lowest BCUT2D eigenvalue weighted by Gasteiger charge is -2.08. The van der Waals surface area contributed by atoms with Crippen LogP contribution in [0.2, 0.25) is 0 Å². The van der Waals surface area contributed by atoms with E-state index in [1.54, 1.807) is 0 Å². The minimum Gasteiger partial charge on any atom is -0.326 e. The molecule has 3 nitrogen and oxygen atoms in total. The molecule has 0 bridgehead atoms. The average molecular weight is 277 g/mol. The van der Waals surface area contributed by atoms with Crippen molar-refractivity contribution in [2.45, 2.75) is 32.4 Å². The Morgan fingerprint density at radius 3 is 2.81 bits per heavy atom. The number of hydrogen-bond donors (Lipinski definition) is 1. The van der Waals surface area contributed by atoms with Crippen LogP contribution < -0.4 is 5.73 Å². The highest BCUT2D eigenvalue weighted by Gasteiger charge is 2.28. The van der Waals surface area contributed by atoms with E-state index in [2.05, 4.69) is 54.0 Å². The summed E-state index contributed by atoms with van der Waals surface area (Å²) in [6.07, 6.45) is 2.51. The summed E-state index contributed by atoms with van der Waals surface area (Å²) in [5.74, 6) is 1.08. The summed E-state index contributed by atoms with van der Waals surface area (Å²) in [6, 6.07) is 15.6. The van der Waals surface area contributed by atoms with Gasteiger partial charge in [0.2, 0.25) is 0 Å². The molecule has 0 aliphatic heterocycles. The molecule has 1 saturated carbocycles. The lowest BCUT2D eigenvalue weighted by molar-refractivity contribution is 0.775. The molecule has 0 spiro atoms. The van der Waals surface area contributed by atoms with Gasteiger partial charge in [0, 0.05) is 18.2 Å². The molecule has 1 heterocycles. The molecule has 3 heteroatoms. The molecule has 1 fully saturated rings. The first-order valence-corrected chi connectivity index (χ1v) is 7.54. The summed E-state index contributed by atoms with van der Waals surface area (Å²) in [5, 5.41) is 0. The van der Waals surface area contributed by atoms with Crippen LogP contribution in [0.3, 0.4) is 0 Å². The topological polar surface area (TPSA) is 43.8 Å². The Kier molecular flexibility index (Phi) is 2.82. The molecule has 0 amide bonds. The molecule has 2 N–H and O–H groups in total. The van der Waals surface area contributed by atoms with E-state index in [-0.39, 0.29) is 0 Å². The molecule has 0 unspecified atom stereocenters. The second kappa shape index (κ2) is 4.71. The van der Waals surface area contributed by atoms with E-state index in [1.165, 1.54) is 29.5 Å². The van der Waals surface area contributed by atoms with Gasteiger partial charge in [0.05, 0.1) is 11.0 Å². The van der Waals surface area contributed by atoms with Crippen LogP contribution >= 0.6 is 0 Å². The first-order chi connectivity index (χ1) is 10.3. The van der Waals surface area contributed by atoms with Gasteiger partial charge < -0.3 is 10.3 Å². The summed E-state index contributed by atoms with van der Waals surface area (Å²) in [4.78, 5) is 4.90. The molecule has 0 saturated heterocycles. The van der Waals surface area contributed by atoms with Crippen molar-refractivity contribution in [1.29, 1.82) is 0 Å². The van der Waals surface area contributed by atoms with Gasteiger partial charge in [0.15, 0.2) is 0 Å². The maximum Gasteiger partial charge on any atom is 0.141 e. The Bertz CT molecular complexity index is 812. The van der Waals surface area contributed by atoms with Gasteiger partial charge in [-0.05, 0) is 49.1 Å². The van der Waals surface area contributed by atoms with Crippen molar-refractivity contribution in [3.05, 3.63) is 53.6 Å².